The normalized spacial score (nSPS) is 16.7. The number of hydrogen-bond donors (Lipinski definition) is 1. The van der Waals surface area contributed by atoms with Crippen molar-refractivity contribution in [2.75, 3.05) is 32.1 Å². The lowest BCUT2D eigenvalue weighted by Crippen LogP contribution is -2.33. The van der Waals surface area contributed by atoms with E-state index in [2.05, 4.69) is 10.2 Å². The number of ether oxygens (including phenoxy) is 1. The van der Waals surface area contributed by atoms with Crippen LogP contribution in [-0.4, -0.2) is 37.6 Å². The Bertz CT molecular complexity index is 412. The Hall–Kier alpha value is -1.55. The van der Waals surface area contributed by atoms with Gasteiger partial charge >= 0.3 is 0 Å². The van der Waals surface area contributed by atoms with Gasteiger partial charge in [0.15, 0.2) is 0 Å². The number of nitrogens with one attached hydrogen (secondary N) is 1. The number of benzene rings is 1. The van der Waals surface area contributed by atoms with Gasteiger partial charge < -0.3 is 10.1 Å². The lowest BCUT2D eigenvalue weighted by molar-refractivity contribution is -0.117. The van der Waals surface area contributed by atoms with Crippen LogP contribution in [0.4, 0.5) is 5.69 Å². The number of rotatable bonds is 4. The van der Waals surface area contributed by atoms with Crippen molar-refractivity contribution < 1.29 is 9.53 Å². The highest BCUT2D eigenvalue weighted by atomic mass is 16.5. The summed E-state index contributed by atoms with van der Waals surface area (Å²) in [5, 5.41) is 2.92. The highest BCUT2D eigenvalue weighted by molar-refractivity contribution is 5.93. The number of nitrogens with zero attached hydrogens (tertiary/aromatic N) is 1. The van der Waals surface area contributed by atoms with Crippen molar-refractivity contribution in [2.24, 2.45) is 0 Å². The van der Waals surface area contributed by atoms with E-state index in [1.54, 1.807) is 7.11 Å². The molecule has 1 aliphatic rings. The van der Waals surface area contributed by atoms with Crippen molar-refractivity contribution in [2.45, 2.75) is 25.7 Å². The number of carbonyl (C=O) groups excluding carboxylic acids is 1. The molecule has 19 heavy (non-hydrogen) atoms. The van der Waals surface area contributed by atoms with E-state index in [1.807, 2.05) is 24.3 Å². The fourth-order valence-electron chi connectivity index (χ4n) is 2.44. The van der Waals surface area contributed by atoms with E-state index in [0.717, 1.165) is 18.8 Å². The quantitative estimate of drug-likeness (QED) is 0.906. The van der Waals surface area contributed by atoms with E-state index < -0.39 is 0 Å². The van der Waals surface area contributed by atoms with Gasteiger partial charge in [-0.2, -0.15) is 0 Å². The SMILES string of the molecule is COc1ccccc1NC(=O)CN1CCCCCC1. The summed E-state index contributed by atoms with van der Waals surface area (Å²) in [6, 6.07) is 7.49. The summed E-state index contributed by atoms with van der Waals surface area (Å²) in [4.78, 5) is 14.3. The average molecular weight is 262 g/mol. The van der Waals surface area contributed by atoms with Gasteiger partial charge in [0.1, 0.15) is 5.75 Å². The lowest BCUT2D eigenvalue weighted by Gasteiger charge is -2.19. The summed E-state index contributed by atoms with van der Waals surface area (Å²) < 4.78 is 5.23. The molecule has 1 aromatic carbocycles. The number of para-hydroxylation sites is 2. The molecule has 0 radical (unpaired) electrons. The number of carbonyl (C=O) groups is 1. The Morgan fingerprint density at radius 3 is 2.58 bits per heavy atom. The van der Waals surface area contributed by atoms with Gasteiger partial charge in [0.05, 0.1) is 19.3 Å². The van der Waals surface area contributed by atoms with E-state index in [1.165, 1.54) is 25.7 Å². The molecule has 1 heterocycles. The third-order valence-corrected chi connectivity index (χ3v) is 3.45. The number of methoxy groups -OCH3 is 1. The second-order valence-corrected chi connectivity index (χ2v) is 4.94. The molecule has 1 N–H and O–H groups in total. The Morgan fingerprint density at radius 2 is 1.89 bits per heavy atom. The summed E-state index contributed by atoms with van der Waals surface area (Å²) in [5.41, 5.74) is 0.741. The van der Waals surface area contributed by atoms with E-state index in [9.17, 15) is 4.79 Å². The number of likely N-dealkylation sites (tertiary alicyclic amines) is 1. The van der Waals surface area contributed by atoms with Crippen LogP contribution in [0.25, 0.3) is 0 Å². The molecule has 1 amide bonds. The Balaban J connectivity index is 1.89. The van der Waals surface area contributed by atoms with Crippen LogP contribution >= 0.6 is 0 Å². The molecule has 1 aromatic rings. The van der Waals surface area contributed by atoms with Crippen molar-refractivity contribution in [3.05, 3.63) is 24.3 Å². The molecule has 0 atom stereocenters. The van der Waals surface area contributed by atoms with Crippen molar-refractivity contribution in [3.63, 3.8) is 0 Å². The van der Waals surface area contributed by atoms with E-state index >= 15 is 0 Å². The summed E-state index contributed by atoms with van der Waals surface area (Å²) in [6.07, 6.45) is 4.96. The molecule has 1 aliphatic heterocycles. The van der Waals surface area contributed by atoms with Gasteiger partial charge in [0.2, 0.25) is 5.91 Å². The molecule has 4 nitrogen and oxygen atoms in total. The van der Waals surface area contributed by atoms with Gasteiger partial charge in [0, 0.05) is 0 Å². The zero-order chi connectivity index (χ0) is 13.5. The van der Waals surface area contributed by atoms with Crippen LogP contribution in [0.1, 0.15) is 25.7 Å². The van der Waals surface area contributed by atoms with Gasteiger partial charge in [-0.1, -0.05) is 25.0 Å². The molecule has 1 saturated heterocycles. The zero-order valence-electron chi connectivity index (χ0n) is 11.5. The monoisotopic (exact) mass is 262 g/mol. The minimum atomic E-state index is 0.0337. The molecule has 0 aromatic heterocycles. The van der Waals surface area contributed by atoms with Crippen LogP contribution in [-0.2, 0) is 4.79 Å². The number of anilines is 1. The highest BCUT2D eigenvalue weighted by Gasteiger charge is 2.14. The summed E-state index contributed by atoms with van der Waals surface area (Å²) in [7, 11) is 1.61. The van der Waals surface area contributed by atoms with Crippen LogP contribution in [0.2, 0.25) is 0 Å². The fourth-order valence-corrected chi connectivity index (χ4v) is 2.44. The van der Waals surface area contributed by atoms with E-state index in [4.69, 9.17) is 4.74 Å². The minimum absolute atomic E-state index is 0.0337. The molecule has 1 fully saturated rings. The molecule has 0 unspecified atom stereocenters. The van der Waals surface area contributed by atoms with Gasteiger partial charge in [-0.3, -0.25) is 9.69 Å². The third kappa shape index (κ3) is 4.24. The Morgan fingerprint density at radius 1 is 1.21 bits per heavy atom. The molecule has 0 bridgehead atoms. The molecule has 2 rings (SSSR count). The maximum absolute atomic E-state index is 12.1. The first-order chi connectivity index (χ1) is 9.29. The van der Waals surface area contributed by atoms with Crippen LogP contribution in [0.5, 0.6) is 5.75 Å². The van der Waals surface area contributed by atoms with Gasteiger partial charge in [-0.25, -0.2) is 0 Å². The predicted molar refractivity (Wildman–Crippen MR) is 76.5 cm³/mol. The van der Waals surface area contributed by atoms with Gasteiger partial charge in [0.25, 0.3) is 0 Å². The topological polar surface area (TPSA) is 41.6 Å². The second-order valence-electron chi connectivity index (χ2n) is 4.94. The molecular formula is C15H22N2O2. The zero-order valence-corrected chi connectivity index (χ0v) is 11.5. The predicted octanol–water partition coefficient (Wildman–Crippen LogP) is 2.51. The molecular weight excluding hydrogens is 240 g/mol. The summed E-state index contributed by atoms with van der Waals surface area (Å²) in [5.74, 6) is 0.734. The lowest BCUT2D eigenvalue weighted by atomic mass is 10.2. The molecule has 104 valence electrons. The van der Waals surface area contributed by atoms with Crippen LogP contribution in [0, 0.1) is 0 Å². The minimum Gasteiger partial charge on any atom is -0.495 e. The molecule has 4 heteroatoms. The summed E-state index contributed by atoms with van der Waals surface area (Å²) in [6.45, 7) is 2.52. The van der Waals surface area contributed by atoms with Crippen molar-refractivity contribution >= 4 is 11.6 Å². The fraction of sp³-hybridized carbons (Fsp3) is 0.533. The Labute approximate surface area is 114 Å². The van der Waals surface area contributed by atoms with Gasteiger partial charge in [-0.05, 0) is 38.1 Å². The first-order valence-corrected chi connectivity index (χ1v) is 6.95. The van der Waals surface area contributed by atoms with E-state index in [0.29, 0.717) is 12.3 Å². The molecule has 0 spiro atoms. The molecule has 0 saturated carbocycles. The highest BCUT2D eigenvalue weighted by Crippen LogP contribution is 2.22. The van der Waals surface area contributed by atoms with Crippen molar-refractivity contribution in [1.82, 2.24) is 4.90 Å². The smallest absolute Gasteiger partial charge is 0.238 e. The molecule has 0 aliphatic carbocycles. The van der Waals surface area contributed by atoms with Crippen LogP contribution < -0.4 is 10.1 Å². The maximum atomic E-state index is 12.1. The Kier molecular flexibility index (Phi) is 5.21. The number of amides is 1. The third-order valence-electron chi connectivity index (χ3n) is 3.45. The average Bonchev–Trinajstić information content (AvgIpc) is 2.68. The van der Waals surface area contributed by atoms with Crippen molar-refractivity contribution in [1.29, 1.82) is 0 Å². The van der Waals surface area contributed by atoms with Crippen LogP contribution in [0.3, 0.4) is 0 Å². The second kappa shape index (κ2) is 7.14. The standard InChI is InChI=1S/C15H22N2O2/c1-19-14-9-5-4-8-13(14)16-15(18)12-17-10-6-2-3-7-11-17/h4-5,8-9H,2-3,6-7,10-12H2,1H3,(H,16,18). The van der Waals surface area contributed by atoms with Gasteiger partial charge in [-0.15, -0.1) is 0 Å². The maximum Gasteiger partial charge on any atom is 0.238 e. The first-order valence-electron chi connectivity index (χ1n) is 6.95. The van der Waals surface area contributed by atoms with Crippen LogP contribution in [0.15, 0.2) is 24.3 Å². The van der Waals surface area contributed by atoms with E-state index in [-0.39, 0.29) is 5.91 Å². The first kappa shape index (κ1) is 13.9. The summed E-state index contributed by atoms with van der Waals surface area (Å²) >= 11 is 0. The largest absolute Gasteiger partial charge is 0.495 e. The number of hydrogen-bond acceptors (Lipinski definition) is 3. The van der Waals surface area contributed by atoms with Crippen molar-refractivity contribution in [3.8, 4) is 5.75 Å².